The molecule has 5 heteroatoms. The summed E-state index contributed by atoms with van der Waals surface area (Å²) in [6, 6.07) is 0. The number of thiazole rings is 1. The average molecular weight is 295 g/mol. The summed E-state index contributed by atoms with van der Waals surface area (Å²) in [4.78, 5) is 19.9. The summed E-state index contributed by atoms with van der Waals surface area (Å²) in [5.74, 6) is 0.414. The van der Waals surface area contributed by atoms with Crippen molar-refractivity contribution in [2.75, 3.05) is 26.2 Å². The molecule has 2 rings (SSSR count). The van der Waals surface area contributed by atoms with Crippen LogP contribution in [0.4, 0.5) is 0 Å². The van der Waals surface area contributed by atoms with Gasteiger partial charge < -0.3 is 10.2 Å². The lowest BCUT2D eigenvalue weighted by Crippen LogP contribution is -2.37. The molecule has 0 spiro atoms. The average Bonchev–Trinajstić information content (AvgIpc) is 2.82. The number of nitrogens with one attached hydrogen (secondary N) is 1. The van der Waals surface area contributed by atoms with E-state index in [9.17, 15) is 4.79 Å². The van der Waals surface area contributed by atoms with Crippen molar-refractivity contribution in [3.05, 3.63) is 15.6 Å². The number of amides is 1. The van der Waals surface area contributed by atoms with E-state index in [2.05, 4.69) is 29.0 Å². The van der Waals surface area contributed by atoms with Crippen LogP contribution in [-0.2, 0) is 0 Å². The minimum absolute atomic E-state index is 0.0314. The lowest BCUT2D eigenvalue weighted by atomic mass is 10.1. The summed E-state index contributed by atoms with van der Waals surface area (Å²) >= 11 is 1.52. The topological polar surface area (TPSA) is 45.2 Å². The highest BCUT2D eigenvalue weighted by atomic mass is 32.1. The summed E-state index contributed by atoms with van der Waals surface area (Å²) in [6.07, 6.45) is 3.93. The molecule has 1 aromatic heterocycles. The number of rotatable bonds is 5. The Labute approximate surface area is 125 Å². The van der Waals surface area contributed by atoms with Crippen LogP contribution in [0.15, 0.2) is 0 Å². The minimum atomic E-state index is 0.0314. The van der Waals surface area contributed by atoms with E-state index in [1.54, 1.807) is 0 Å². The van der Waals surface area contributed by atoms with Crippen molar-refractivity contribution in [3.63, 3.8) is 0 Å². The quantitative estimate of drug-likeness (QED) is 0.908. The zero-order valence-corrected chi connectivity index (χ0v) is 13.6. The number of aromatic nitrogens is 1. The van der Waals surface area contributed by atoms with E-state index in [0.29, 0.717) is 5.92 Å². The highest BCUT2D eigenvalue weighted by Gasteiger charge is 2.17. The Kier molecular flexibility index (Phi) is 5.54. The van der Waals surface area contributed by atoms with Gasteiger partial charge in [0.05, 0.1) is 10.7 Å². The second-order valence-electron chi connectivity index (χ2n) is 5.78. The number of hydrogen-bond acceptors (Lipinski definition) is 4. The van der Waals surface area contributed by atoms with Gasteiger partial charge in [-0.1, -0.05) is 20.3 Å². The molecule has 4 nitrogen and oxygen atoms in total. The van der Waals surface area contributed by atoms with Crippen molar-refractivity contribution >= 4 is 17.2 Å². The summed E-state index contributed by atoms with van der Waals surface area (Å²) in [5, 5.41) is 4.07. The van der Waals surface area contributed by atoms with Crippen molar-refractivity contribution in [2.45, 2.75) is 46.0 Å². The Hall–Kier alpha value is -0.940. The fourth-order valence-corrected chi connectivity index (χ4v) is 3.45. The predicted octanol–water partition coefficient (Wildman–Crippen LogP) is 2.79. The number of piperidine rings is 1. The second-order valence-corrected chi connectivity index (χ2v) is 6.81. The van der Waals surface area contributed by atoms with Gasteiger partial charge in [-0.15, -0.1) is 11.3 Å². The normalized spacial score (nSPS) is 16.6. The van der Waals surface area contributed by atoms with E-state index in [-0.39, 0.29) is 5.91 Å². The first-order valence-electron chi connectivity index (χ1n) is 7.56. The maximum Gasteiger partial charge on any atom is 0.263 e. The Morgan fingerprint density at radius 3 is 2.65 bits per heavy atom. The summed E-state index contributed by atoms with van der Waals surface area (Å²) in [5.41, 5.74) is 0.856. The Bertz CT molecular complexity index is 450. The Morgan fingerprint density at radius 2 is 2.05 bits per heavy atom. The third-order valence-corrected chi connectivity index (χ3v) is 5.13. The van der Waals surface area contributed by atoms with Crippen molar-refractivity contribution in [1.82, 2.24) is 15.2 Å². The number of nitrogens with zero attached hydrogens (tertiary/aromatic N) is 2. The van der Waals surface area contributed by atoms with Gasteiger partial charge in [-0.25, -0.2) is 4.98 Å². The molecule has 1 saturated heterocycles. The molecule has 1 fully saturated rings. The van der Waals surface area contributed by atoms with Gasteiger partial charge >= 0.3 is 0 Å². The molecule has 1 aliphatic rings. The van der Waals surface area contributed by atoms with Gasteiger partial charge in [0.1, 0.15) is 4.88 Å². The van der Waals surface area contributed by atoms with Crippen molar-refractivity contribution in [2.24, 2.45) is 0 Å². The third-order valence-electron chi connectivity index (χ3n) is 3.68. The van der Waals surface area contributed by atoms with Gasteiger partial charge in [0.25, 0.3) is 5.91 Å². The Morgan fingerprint density at radius 1 is 1.35 bits per heavy atom. The predicted molar refractivity (Wildman–Crippen MR) is 83.6 cm³/mol. The number of aryl methyl sites for hydroxylation is 1. The van der Waals surface area contributed by atoms with Crippen molar-refractivity contribution in [3.8, 4) is 0 Å². The van der Waals surface area contributed by atoms with Gasteiger partial charge in [0.2, 0.25) is 0 Å². The van der Waals surface area contributed by atoms with E-state index >= 15 is 0 Å². The van der Waals surface area contributed by atoms with Crippen molar-refractivity contribution in [1.29, 1.82) is 0 Å². The monoisotopic (exact) mass is 295 g/mol. The smallest absolute Gasteiger partial charge is 0.263 e. The SMILES string of the molecule is Cc1nc(C(C)C)sc1C(=O)NCCN1CCCCC1. The lowest BCUT2D eigenvalue weighted by Gasteiger charge is -2.26. The molecule has 0 aromatic carbocycles. The molecule has 1 N–H and O–H groups in total. The number of carbonyl (C=O) groups excluding carboxylic acids is 1. The summed E-state index contributed by atoms with van der Waals surface area (Å²) in [7, 11) is 0. The number of likely N-dealkylation sites (tertiary alicyclic amines) is 1. The molecular formula is C15H25N3OS. The molecule has 1 amide bonds. The van der Waals surface area contributed by atoms with Crippen LogP contribution in [0.2, 0.25) is 0 Å². The number of carbonyl (C=O) groups is 1. The zero-order valence-electron chi connectivity index (χ0n) is 12.7. The first kappa shape index (κ1) is 15.4. The van der Waals surface area contributed by atoms with Crippen LogP contribution < -0.4 is 5.32 Å². The van der Waals surface area contributed by atoms with Crippen molar-refractivity contribution < 1.29 is 4.79 Å². The molecule has 0 atom stereocenters. The van der Waals surface area contributed by atoms with Crippen LogP contribution in [-0.4, -0.2) is 42.0 Å². The van der Waals surface area contributed by atoms with E-state index in [0.717, 1.165) is 28.7 Å². The first-order chi connectivity index (χ1) is 9.58. The zero-order chi connectivity index (χ0) is 14.5. The van der Waals surface area contributed by atoms with Gasteiger partial charge in [-0.3, -0.25) is 4.79 Å². The standard InChI is InChI=1S/C15H25N3OS/c1-11(2)15-17-12(3)13(20-15)14(19)16-7-10-18-8-5-4-6-9-18/h11H,4-10H2,1-3H3,(H,16,19). The fourth-order valence-electron chi connectivity index (χ4n) is 2.47. The van der Waals surface area contributed by atoms with Crippen LogP contribution >= 0.6 is 11.3 Å². The lowest BCUT2D eigenvalue weighted by molar-refractivity contribution is 0.0950. The summed E-state index contributed by atoms with van der Waals surface area (Å²) < 4.78 is 0. The van der Waals surface area contributed by atoms with Crippen LogP contribution in [0, 0.1) is 6.92 Å². The number of hydrogen-bond donors (Lipinski definition) is 1. The fraction of sp³-hybridized carbons (Fsp3) is 0.733. The van der Waals surface area contributed by atoms with E-state index in [1.807, 2.05) is 6.92 Å². The molecular weight excluding hydrogens is 270 g/mol. The Balaban J connectivity index is 1.82. The molecule has 0 radical (unpaired) electrons. The molecule has 0 unspecified atom stereocenters. The maximum absolute atomic E-state index is 12.2. The molecule has 1 aromatic rings. The van der Waals surface area contributed by atoms with Crippen LogP contribution in [0.1, 0.15) is 59.4 Å². The first-order valence-corrected chi connectivity index (χ1v) is 8.37. The molecule has 20 heavy (non-hydrogen) atoms. The van der Waals surface area contributed by atoms with E-state index in [4.69, 9.17) is 0 Å². The van der Waals surface area contributed by atoms with Crippen LogP contribution in [0.3, 0.4) is 0 Å². The largest absolute Gasteiger partial charge is 0.350 e. The maximum atomic E-state index is 12.2. The van der Waals surface area contributed by atoms with Gasteiger partial charge in [0, 0.05) is 19.0 Å². The molecule has 0 saturated carbocycles. The van der Waals surface area contributed by atoms with Crippen LogP contribution in [0.25, 0.3) is 0 Å². The molecule has 1 aliphatic heterocycles. The van der Waals surface area contributed by atoms with Gasteiger partial charge in [-0.2, -0.15) is 0 Å². The van der Waals surface area contributed by atoms with E-state index < -0.39 is 0 Å². The third kappa shape index (κ3) is 4.03. The summed E-state index contributed by atoms with van der Waals surface area (Å²) in [6.45, 7) is 10.2. The molecule has 0 bridgehead atoms. The second kappa shape index (κ2) is 7.18. The molecule has 2 heterocycles. The molecule has 112 valence electrons. The van der Waals surface area contributed by atoms with E-state index in [1.165, 1.54) is 43.7 Å². The minimum Gasteiger partial charge on any atom is -0.350 e. The highest BCUT2D eigenvalue weighted by Crippen LogP contribution is 2.24. The molecule has 0 aliphatic carbocycles. The van der Waals surface area contributed by atoms with Gasteiger partial charge in [-0.05, 0) is 32.9 Å². The van der Waals surface area contributed by atoms with Crippen LogP contribution in [0.5, 0.6) is 0 Å². The highest BCUT2D eigenvalue weighted by molar-refractivity contribution is 7.13. The van der Waals surface area contributed by atoms with Gasteiger partial charge in [0.15, 0.2) is 0 Å².